The van der Waals surface area contributed by atoms with Crippen molar-refractivity contribution in [1.82, 2.24) is 9.21 Å². The molecule has 0 spiro atoms. The van der Waals surface area contributed by atoms with Gasteiger partial charge >= 0.3 is 0 Å². The van der Waals surface area contributed by atoms with Gasteiger partial charge in [-0.3, -0.25) is 4.79 Å². The number of nitrogens with zero attached hydrogens (tertiary/aromatic N) is 2. The Balaban J connectivity index is 1.68. The SMILES string of the molecule is Cc1cc(C)c(S(=O)(=O)N(CC(=O)N2CCc3ccccc3C2)Cc2ccc(Cl)c(Cl)c2)c(C)c1. The smallest absolute Gasteiger partial charge is 0.244 e. The molecule has 0 saturated carbocycles. The van der Waals surface area contributed by atoms with Crippen LogP contribution in [0.2, 0.25) is 10.0 Å². The Morgan fingerprint density at radius 1 is 0.943 bits per heavy atom. The summed E-state index contributed by atoms with van der Waals surface area (Å²) in [5.41, 5.74) is 5.26. The number of aryl methyl sites for hydroxylation is 3. The highest BCUT2D eigenvalue weighted by Gasteiger charge is 2.32. The number of amides is 1. The Hall–Kier alpha value is -2.38. The highest BCUT2D eigenvalue weighted by atomic mass is 35.5. The van der Waals surface area contributed by atoms with E-state index in [1.165, 1.54) is 9.87 Å². The number of carbonyl (C=O) groups is 1. The standard InChI is InChI=1S/C27H28Cl2N2O3S/c1-18-12-19(2)27(20(3)13-18)35(33,34)31(15-21-8-9-24(28)25(29)14-21)17-26(32)30-11-10-22-6-4-5-7-23(22)16-30/h4-9,12-14H,10-11,15-17H2,1-3H3. The zero-order valence-corrected chi connectivity index (χ0v) is 22.3. The molecule has 0 fully saturated rings. The summed E-state index contributed by atoms with van der Waals surface area (Å²) in [6.45, 7) is 6.26. The molecule has 3 aromatic carbocycles. The van der Waals surface area contributed by atoms with E-state index in [1.54, 1.807) is 36.9 Å². The molecule has 1 amide bonds. The van der Waals surface area contributed by atoms with Crippen LogP contribution in [-0.4, -0.2) is 36.6 Å². The van der Waals surface area contributed by atoms with Gasteiger partial charge in [-0.25, -0.2) is 8.42 Å². The van der Waals surface area contributed by atoms with Crippen LogP contribution in [0.15, 0.2) is 59.5 Å². The van der Waals surface area contributed by atoms with Crippen LogP contribution >= 0.6 is 23.2 Å². The van der Waals surface area contributed by atoms with Crippen molar-refractivity contribution in [3.05, 3.63) is 98.0 Å². The van der Waals surface area contributed by atoms with Crippen molar-refractivity contribution in [1.29, 1.82) is 0 Å². The van der Waals surface area contributed by atoms with Gasteiger partial charge in [0, 0.05) is 19.6 Å². The van der Waals surface area contributed by atoms with E-state index >= 15 is 0 Å². The third-order valence-corrected chi connectivity index (χ3v) is 9.18. The first-order valence-corrected chi connectivity index (χ1v) is 13.6. The highest BCUT2D eigenvalue weighted by Crippen LogP contribution is 2.29. The van der Waals surface area contributed by atoms with Crippen LogP contribution in [-0.2, 0) is 34.3 Å². The largest absolute Gasteiger partial charge is 0.337 e. The normalized spacial score (nSPS) is 13.7. The van der Waals surface area contributed by atoms with Gasteiger partial charge in [-0.2, -0.15) is 4.31 Å². The minimum absolute atomic E-state index is 0.00213. The predicted octanol–water partition coefficient (Wildman–Crippen LogP) is 5.69. The molecule has 0 radical (unpaired) electrons. The predicted molar refractivity (Wildman–Crippen MR) is 140 cm³/mol. The van der Waals surface area contributed by atoms with Gasteiger partial charge in [0.05, 0.1) is 21.5 Å². The molecule has 1 aliphatic heterocycles. The molecular formula is C27H28Cl2N2O3S. The van der Waals surface area contributed by atoms with Crippen LogP contribution < -0.4 is 0 Å². The molecule has 0 N–H and O–H groups in total. The molecule has 0 aromatic heterocycles. The van der Waals surface area contributed by atoms with E-state index in [1.807, 2.05) is 37.3 Å². The van der Waals surface area contributed by atoms with Crippen LogP contribution in [0.1, 0.15) is 33.4 Å². The lowest BCUT2D eigenvalue weighted by Crippen LogP contribution is -2.44. The zero-order chi connectivity index (χ0) is 25.3. The second-order valence-corrected chi connectivity index (χ2v) is 11.8. The van der Waals surface area contributed by atoms with Crippen molar-refractivity contribution in [3.8, 4) is 0 Å². The van der Waals surface area contributed by atoms with E-state index in [2.05, 4.69) is 6.07 Å². The molecule has 0 atom stereocenters. The first-order chi connectivity index (χ1) is 16.6. The molecule has 1 heterocycles. The second kappa shape index (κ2) is 10.3. The van der Waals surface area contributed by atoms with Crippen molar-refractivity contribution < 1.29 is 13.2 Å². The zero-order valence-electron chi connectivity index (χ0n) is 20.0. The summed E-state index contributed by atoms with van der Waals surface area (Å²) in [6.07, 6.45) is 0.748. The van der Waals surface area contributed by atoms with Gasteiger partial charge in [-0.15, -0.1) is 0 Å². The quantitative estimate of drug-likeness (QED) is 0.411. The number of rotatable bonds is 6. The first-order valence-electron chi connectivity index (χ1n) is 11.4. The number of halogens is 2. The fourth-order valence-corrected chi connectivity index (χ4v) is 6.84. The maximum absolute atomic E-state index is 14.0. The van der Waals surface area contributed by atoms with Crippen molar-refractivity contribution in [3.63, 3.8) is 0 Å². The van der Waals surface area contributed by atoms with E-state index in [-0.39, 0.29) is 23.9 Å². The molecule has 0 aliphatic carbocycles. The number of carbonyl (C=O) groups excluding carboxylic acids is 1. The van der Waals surface area contributed by atoms with Crippen molar-refractivity contribution >= 4 is 39.1 Å². The van der Waals surface area contributed by atoms with Crippen LogP contribution in [0.5, 0.6) is 0 Å². The van der Waals surface area contributed by atoms with E-state index in [4.69, 9.17) is 23.2 Å². The maximum Gasteiger partial charge on any atom is 0.244 e. The number of hydrogen-bond donors (Lipinski definition) is 0. The number of hydrogen-bond acceptors (Lipinski definition) is 3. The van der Waals surface area contributed by atoms with Crippen molar-refractivity contribution in [2.24, 2.45) is 0 Å². The summed E-state index contributed by atoms with van der Waals surface area (Å²) in [5.74, 6) is -0.231. The van der Waals surface area contributed by atoms with Crippen LogP contribution in [0.3, 0.4) is 0 Å². The molecule has 4 rings (SSSR count). The third kappa shape index (κ3) is 5.56. The van der Waals surface area contributed by atoms with E-state index < -0.39 is 10.0 Å². The maximum atomic E-state index is 14.0. The molecule has 8 heteroatoms. The van der Waals surface area contributed by atoms with Gasteiger partial charge in [0.25, 0.3) is 0 Å². The molecule has 0 bridgehead atoms. The summed E-state index contributed by atoms with van der Waals surface area (Å²) in [4.78, 5) is 15.4. The topological polar surface area (TPSA) is 57.7 Å². The minimum atomic E-state index is -3.98. The lowest BCUT2D eigenvalue weighted by molar-refractivity contribution is -0.132. The molecule has 5 nitrogen and oxygen atoms in total. The first kappa shape index (κ1) is 25.7. The number of benzene rings is 3. The van der Waals surface area contributed by atoms with Crippen LogP contribution in [0, 0.1) is 20.8 Å². The van der Waals surface area contributed by atoms with E-state index in [0.29, 0.717) is 39.8 Å². The van der Waals surface area contributed by atoms with Crippen LogP contribution in [0.25, 0.3) is 0 Å². The highest BCUT2D eigenvalue weighted by molar-refractivity contribution is 7.89. The summed E-state index contributed by atoms with van der Waals surface area (Å²) in [6, 6.07) is 16.7. The minimum Gasteiger partial charge on any atom is -0.337 e. The van der Waals surface area contributed by atoms with Crippen molar-refractivity contribution in [2.45, 2.75) is 45.2 Å². The fourth-order valence-electron chi connectivity index (χ4n) is 4.73. The Bertz CT molecular complexity index is 1370. The molecule has 3 aromatic rings. The summed E-state index contributed by atoms with van der Waals surface area (Å²) < 4.78 is 29.2. The van der Waals surface area contributed by atoms with E-state index in [9.17, 15) is 13.2 Å². The second-order valence-electron chi connectivity index (χ2n) is 9.08. The Morgan fingerprint density at radius 2 is 1.60 bits per heavy atom. The Morgan fingerprint density at radius 3 is 2.26 bits per heavy atom. The lowest BCUT2D eigenvalue weighted by atomic mass is 10.00. The van der Waals surface area contributed by atoms with Gasteiger partial charge in [0.1, 0.15) is 0 Å². The molecule has 184 valence electrons. The summed E-state index contributed by atoms with van der Waals surface area (Å²) >= 11 is 12.3. The third-order valence-electron chi connectivity index (χ3n) is 6.34. The van der Waals surface area contributed by atoms with Gasteiger partial charge in [0.2, 0.25) is 15.9 Å². The van der Waals surface area contributed by atoms with Crippen molar-refractivity contribution in [2.75, 3.05) is 13.1 Å². The summed E-state index contributed by atoms with van der Waals surface area (Å²) in [5, 5.41) is 0.723. The summed E-state index contributed by atoms with van der Waals surface area (Å²) in [7, 11) is -3.98. The number of sulfonamides is 1. The Kier molecular flexibility index (Phi) is 7.57. The van der Waals surface area contributed by atoms with Gasteiger partial charge in [-0.05, 0) is 67.1 Å². The average Bonchev–Trinajstić information content (AvgIpc) is 2.79. The fraction of sp³-hybridized carbons (Fsp3) is 0.296. The van der Waals surface area contributed by atoms with E-state index in [0.717, 1.165) is 17.5 Å². The molecular weight excluding hydrogens is 503 g/mol. The number of fused-ring (bicyclic) bond motifs is 1. The molecule has 0 saturated heterocycles. The average molecular weight is 532 g/mol. The van der Waals surface area contributed by atoms with Crippen LogP contribution in [0.4, 0.5) is 0 Å². The Labute approximate surface area is 217 Å². The molecule has 1 aliphatic rings. The monoisotopic (exact) mass is 530 g/mol. The van der Waals surface area contributed by atoms with Gasteiger partial charge < -0.3 is 4.90 Å². The van der Waals surface area contributed by atoms with Gasteiger partial charge in [-0.1, -0.05) is 71.2 Å². The van der Waals surface area contributed by atoms with Gasteiger partial charge in [0.15, 0.2) is 0 Å². The molecule has 0 unspecified atom stereocenters. The lowest BCUT2D eigenvalue weighted by Gasteiger charge is -2.31. The molecule has 35 heavy (non-hydrogen) atoms.